The minimum atomic E-state index is -0.206. The molecule has 0 bridgehead atoms. The van der Waals surface area contributed by atoms with Gasteiger partial charge in [-0.25, -0.2) is 0 Å². The summed E-state index contributed by atoms with van der Waals surface area (Å²) in [7, 11) is 0. The molecule has 2 rings (SSSR count). The number of carbonyl (C=O) groups excluding carboxylic acids is 1. The van der Waals surface area contributed by atoms with E-state index in [-0.39, 0.29) is 18.1 Å². The van der Waals surface area contributed by atoms with Crippen molar-refractivity contribution < 1.29 is 9.53 Å². The fourth-order valence-corrected chi connectivity index (χ4v) is 2.48. The molecule has 0 N–H and O–H groups in total. The summed E-state index contributed by atoms with van der Waals surface area (Å²) in [6, 6.07) is 2.02. The normalized spacial score (nSPS) is 30.1. The predicted molar refractivity (Wildman–Crippen MR) is 58.6 cm³/mol. The Morgan fingerprint density at radius 3 is 2.94 bits per heavy atom. The highest BCUT2D eigenvalue weighted by Gasteiger charge is 2.29. The van der Waals surface area contributed by atoms with E-state index in [0.717, 1.165) is 45.3 Å². The topological polar surface area (TPSA) is 53.3 Å². The molecule has 4 nitrogen and oxygen atoms in total. The molecule has 0 aliphatic carbocycles. The molecular weight excluding hydrogens is 204 g/mol. The summed E-state index contributed by atoms with van der Waals surface area (Å²) in [4.78, 5) is 13.8. The summed E-state index contributed by atoms with van der Waals surface area (Å²) < 4.78 is 5.45. The molecule has 2 aliphatic rings. The Hall–Kier alpha value is -1.08. The highest BCUT2D eigenvalue weighted by atomic mass is 16.5. The molecule has 0 spiro atoms. The van der Waals surface area contributed by atoms with Crippen LogP contribution in [0.15, 0.2) is 0 Å². The van der Waals surface area contributed by atoms with Gasteiger partial charge >= 0.3 is 0 Å². The average molecular weight is 222 g/mol. The van der Waals surface area contributed by atoms with E-state index in [9.17, 15) is 4.79 Å². The first-order chi connectivity index (χ1) is 7.81. The van der Waals surface area contributed by atoms with Gasteiger partial charge in [-0.1, -0.05) is 0 Å². The van der Waals surface area contributed by atoms with E-state index in [1.807, 2.05) is 0 Å². The SMILES string of the molecule is N#CC1CCCCN1C(=O)CC1CCCO1. The Bertz CT molecular complexity index is 292. The fourth-order valence-electron chi connectivity index (χ4n) is 2.48. The molecule has 2 saturated heterocycles. The van der Waals surface area contributed by atoms with Gasteiger partial charge in [0.25, 0.3) is 0 Å². The van der Waals surface area contributed by atoms with Gasteiger partial charge in [0, 0.05) is 13.2 Å². The summed E-state index contributed by atoms with van der Waals surface area (Å²) in [5.41, 5.74) is 0. The third-order valence-corrected chi connectivity index (χ3v) is 3.40. The predicted octanol–water partition coefficient (Wildman–Crippen LogP) is 1.46. The van der Waals surface area contributed by atoms with Gasteiger partial charge in [-0.15, -0.1) is 0 Å². The van der Waals surface area contributed by atoms with Crippen molar-refractivity contribution in [2.45, 2.75) is 50.7 Å². The zero-order valence-corrected chi connectivity index (χ0v) is 9.52. The van der Waals surface area contributed by atoms with Crippen LogP contribution in [0.25, 0.3) is 0 Å². The smallest absolute Gasteiger partial charge is 0.226 e. The third kappa shape index (κ3) is 2.53. The van der Waals surface area contributed by atoms with E-state index in [2.05, 4.69) is 6.07 Å². The lowest BCUT2D eigenvalue weighted by molar-refractivity contribution is -0.135. The summed E-state index contributed by atoms with van der Waals surface area (Å²) in [6.07, 6.45) is 5.49. The molecule has 0 radical (unpaired) electrons. The van der Waals surface area contributed by atoms with Gasteiger partial charge in [-0.05, 0) is 32.1 Å². The van der Waals surface area contributed by atoms with Crippen LogP contribution in [0.1, 0.15) is 38.5 Å². The number of likely N-dealkylation sites (tertiary alicyclic amines) is 1. The molecule has 2 aliphatic heterocycles. The number of amides is 1. The Labute approximate surface area is 96.2 Å². The zero-order chi connectivity index (χ0) is 11.4. The van der Waals surface area contributed by atoms with E-state index in [0.29, 0.717) is 6.42 Å². The average Bonchev–Trinajstić information content (AvgIpc) is 2.81. The number of piperidine rings is 1. The number of rotatable bonds is 2. The molecule has 2 unspecified atom stereocenters. The number of nitrogens with zero attached hydrogens (tertiary/aromatic N) is 2. The maximum absolute atomic E-state index is 12.0. The van der Waals surface area contributed by atoms with Crippen molar-refractivity contribution in [2.75, 3.05) is 13.2 Å². The van der Waals surface area contributed by atoms with Gasteiger partial charge in [-0.2, -0.15) is 5.26 Å². The van der Waals surface area contributed by atoms with Crippen LogP contribution < -0.4 is 0 Å². The van der Waals surface area contributed by atoms with E-state index < -0.39 is 0 Å². The standard InChI is InChI=1S/C12H18N2O2/c13-9-10-4-1-2-6-14(10)12(15)8-11-5-3-7-16-11/h10-11H,1-8H2. The molecular formula is C12H18N2O2. The van der Waals surface area contributed by atoms with Crippen molar-refractivity contribution in [1.29, 1.82) is 5.26 Å². The molecule has 2 atom stereocenters. The molecule has 1 amide bonds. The van der Waals surface area contributed by atoms with Crippen LogP contribution in [0.3, 0.4) is 0 Å². The minimum Gasteiger partial charge on any atom is -0.378 e. The number of nitriles is 1. The number of hydrogen-bond donors (Lipinski definition) is 0. The zero-order valence-electron chi connectivity index (χ0n) is 9.52. The molecule has 2 heterocycles. The Morgan fingerprint density at radius 1 is 1.38 bits per heavy atom. The molecule has 88 valence electrons. The van der Waals surface area contributed by atoms with Gasteiger partial charge in [0.15, 0.2) is 0 Å². The highest BCUT2D eigenvalue weighted by molar-refractivity contribution is 5.77. The highest BCUT2D eigenvalue weighted by Crippen LogP contribution is 2.21. The summed E-state index contributed by atoms with van der Waals surface area (Å²) in [5, 5.41) is 9.00. The van der Waals surface area contributed by atoms with Crippen LogP contribution in [0.4, 0.5) is 0 Å². The van der Waals surface area contributed by atoms with Crippen LogP contribution in [-0.4, -0.2) is 36.1 Å². The lowest BCUT2D eigenvalue weighted by atomic mass is 10.0. The molecule has 2 fully saturated rings. The maximum atomic E-state index is 12.0. The fraction of sp³-hybridized carbons (Fsp3) is 0.833. The van der Waals surface area contributed by atoms with Crippen molar-refractivity contribution in [3.63, 3.8) is 0 Å². The second-order valence-corrected chi connectivity index (χ2v) is 4.57. The number of hydrogen-bond acceptors (Lipinski definition) is 3. The molecule has 16 heavy (non-hydrogen) atoms. The lowest BCUT2D eigenvalue weighted by Crippen LogP contribution is -2.43. The van der Waals surface area contributed by atoms with Crippen molar-refractivity contribution in [2.24, 2.45) is 0 Å². The molecule has 4 heteroatoms. The van der Waals surface area contributed by atoms with Crippen molar-refractivity contribution in [3.05, 3.63) is 0 Å². The second-order valence-electron chi connectivity index (χ2n) is 4.57. The maximum Gasteiger partial charge on any atom is 0.226 e. The summed E-state index contributed by atoms with van der Waals surface area (Å²) >= 11 is 0. The Kier molecular flexibility index (Phi) is 3.79. The lowest BCUT2D eigenvalue weighted by Gasteiger charge is -2.32. The van der Waals surface area contributed by atoms with Crippen molar-refractivity contribution in [3.8, 4) is 6.07 Å². The summed E-state index contributed by atoms with van der Waals surface area (Å²) in [6.45, 7) is 1.52. The van der Waals surface area contributed by atoms with Gasteiger partial charge in [0.2, 0.25) is 5.91 Å². The first-order valence-electron chi connectivity index (χ1n) is 6.12. The third-order valence-electron chi connectivity index (χ3n) is 3.40. The molecule has 0 aromatic carbocycles. The summed E-state index contributed by atoms with van der Waals surface area (Å²) in [5.74, 6) is 0.0955. The minimum absolute atomic E-state index is 0.0915. The van der Waals surface area contributed by atoms with Gasteiger partial charge in [0.05, 0.1) is 18.6 Å². The molecule has 0 saturated carbocycles. The van der Waals surface area contributed by atoms with Crippen LogP contribution in [0.2, 0.25) is 0 Å². The Morgan fingerprint density at radius 2 is 2.25 bits per heavy atom. The quantitative estimate of drug-likeness (QED) is 0.710. The van der Waals surface area contributed by atoms with E-state index in [1.165, 1.54) is 0 Å². The first kappa shape index (κ1) is 11.4. The number of carbonyl (C=O) groups is 1. The number of ether oxygens (including phenoxy) is 1. The second kappa shape index (κ2) is 5.31. The van der Waals surface area contributed by atoms with E-state index >= 15 is 0 Å². The van der Waals surface area contributed by atoms with Crippen LogP contribution in [-0.2, 0) is 9.53 Å². The molecule has 0 aromatic heterocycles. The van der Waals surface area contributed by atoms with Crippen LogP contribution >= 0.6 is 0 Å². The first-order valence-corrected chi connectivity index (χ1v) is 6.12. The van der Waals surface area contributed by atoms with Gasteiger partial charge < -0.3 is 9.64 Å². The van der Waals surface area contributed by atoms with Crippen LogP contribution in [0.5, 0.6) is 0 Å². The molecule has 0 aromatic rings. The monoisotopic (exact) mass is 222 g/mol. The van der Waals surface area contributed by atoms with Crippen molar-refractivity contribution in [1.82, 2.24) is 4.90 Å². The van der Waals surface area contributed by atoms with E-state index in [4.69, 9.17) is 10.00 Å². The van der Waals surface area contributed by atoms with Crippen LogP contribution in [0, 0.1) is 11.3 Å². The Balaban J connectivity index is 1.89. The van der Waals surface area contributed by atoms with Gasteiger partial charge in [0.1, 0.15) is 6.04 Å². The van der Waals surface area contributed by atoms with Crippen molar-refractivity contribution >= 4 is 5.91 Å². The van der Waals surface area contributed by atoms with Gasteiger partial charge in [-0.3, -0.25) is 4.79 Å². The largest absolute Gasteiger partial charge is 0.378 e. The van der Waals surface area contributed by atoms with E-state index in [1.54, 1.807) is 4.90 Å².